The second kappa shape index (κ2) is 8.76. The molecule has 1 atom stereocenters. The Balaban J connectivity index is 1.32. The number of thiophene rings is 1. The first-order chi connectivity index (χ1) is 13.6. The Bertz CT molecular complexity index is 803. The van der Waals surface area contributed by atoms with Crippen molar-refractivity contribution in [3.05, 3.63) is 38.4 Å². The second-order valence-electron chi connectivity index (χ2n) is 7.85. The summed E-state index contributed by atoms with van der Waals surface area (Å²) < 4.78 is 11.0. The summed E-state index contributed by atoms with van der Waals surface area (Å²) in [5.41, 5.74) is 4.24. The molecule has 0 saturated carbocycles. The van der Waals surface area contributed by atoms with Crippen molar-refractivity contribution in [1.82, 2.24) is 15.4 Å². The van der Waals surface area contributed by atoms with Gasteiger partial charge in [-0.05, 0) is 51.5 Å². The lowest BCUT2D eigenvalue weighted by Gasteiger charge is -2.27. The van der Waals surface area contributed by atoms with Gasteiger partial charge in [0.15, 0.2) is 0 Å². The van der Waals surface area contributed by atoms with Crippen molar-refractivity contribution in [2.45, 2.75) is 65.1 Å². The Morgan fingerprint density at radius 3 is 3.04 bits per heavy atom. The molecule has 1 saturated heterocycles. The SMILES string of the molecule is Cc1noc(C)c1CN1CCc2c(C(=O)NCC[C@@H]3CCCCO3)csc2C1. The molecule has 2 aromatic rings. The number of hydrogen-bond acceptors (Lipinski definition) is 6. The maximum absolute atomic E-state index is 12.7. The number of ether oxygens (including phenoxy) is 1. The van der Waals surface area contributed by atoms with Crippen LogP contribution >= 0.6 is 11.3 Å². The molecule has 1 N–H and O–H groups in total. The van der Waals surface area contributed by atoms with Gasteiger partial charge in [0.05, 0.1) is 17.4 Å². The van der Waals surface area contributed by atoms with Crippen molar-refractivity contribution in [3.8, 4) is 0 Å². The van der Waals surface area contributed by atoms with Gasteiger partial charge in [-0.3, -0.25) is 9.69 Å². The summed E-state index contributed by atoms with van der Waals surface area (Å²) in [6, 6.07) is 0. The number of fused-ring (bicyclic) bond motifs is 1. The van der Waals surface area contributed by atoms with Gasteiger partial charge in [0.2, 0.25) is 0 Å². The summed E-state index contributed by atoms with van der Waals surface area (Å²) in [5.74, 6) is 0.962. The van der Waals surface area contributed by atoms with Gasteiger partial charge in [-0.15, -0.1) is 11.3 Å². The summed E-state index contributed by atoms with van der Waals surface area (Å²) in [7, 11) is 0. The van der Waals surface area contributed by atoms with E-state index >= 15 is 0 Å². The van der Waals surface area contributed by atoms with Gasteiger partial charge in [-0.2, -0.15) is 0 Å². The lowest BCUT2D eigenvalue weighted by Crippen LogP contribution is -2.32. The standard InChI is InChI=1S/C21H29N3O3S/c1-14-18(15(2)27-23-14)11-24-9-7-17-19(13-28-20(17)12-24)21(25)22-8-6-16-5-3-4-10-26-16/h13,16H,3-12H2,1-2H3,(H,22,25)/t16-/m0/s1. The molecule has 0 aromatic carbocycles. The van der Waals surface area contributed by atoms with Crippen molar-refractivity contribution in [3.63, 3.8) is 0 Å². The normalized spacial score (nSPS) is 20.1. The first-order valence-electron chi connectivity index (χ1n) is 10.2. The van der Waals surface area contributed by atoms with E-state index in [0.717, 1.165) is 68.9 Å². The van der Waals surface area contributed by atoms with Crippen LogP contribution in [-0.4, -0.2) is 41.8 Å². The minimum absolute atomic E-state index is 0.0625. The van der Waals surface area contributed by atoms with Crippen LogP contribution in [0.4, 0.5) is 0 Å². The third-order valence-electron chi connectivity index (χ3n) is 5.86. The lowest BCUT2D eigenvalue weighted by molar-refractivity contribution is 0.0117. The van der Waals surface area contributed by atoms with Crippen LogP contribution in [0, 0.1) is 13.8 Å². The summed E-state index contributed by atoms with van der Waals surface area (Å²) in [6.07, 6.45) is 5.64. The fourth-order valence-corrected chi connectivity index (χ4v) is 5.26. The number of aryl methyl sites for hydroxylation is 2. The largest absolute Gasteiger partial charge is 0.378 e. The zero-order valence-corrected chi connectivity index (χ0v) is 17.6. The molecular formula is C21H29N3O3S. The number of carbonyl (C=O) groups is 1. The fourth-order valence-electron chi connectivity index (χ4n) is 4.14. The minimum Gasteiger partial charge on any atom is -0.378 e. The average molecular weight is 404 g/mol. The highest BCUT2D eigenvalue weighted by Gasteiger charge is 2.25. The highest BCUT2D eigenvalue weighted by Crippen LogP contribution is 2.30. The van der Waals surface area contributed by atoms with Gasteiger partial charge < -0.3 is 14.6 Å². The molecule has 0 radical (unpaired) electrons. The molecular weight excluding hydrogens is 374 g/mol. The van der Waals surface area contributed by atoms with Crippen LogP contribution in [0.2, 0.25) is 0 Å². The molecule has 28 heavy (non-hydrogen) atoms. The van der Waals surface area contributed by atoms with Crippen LogP contribution < -0.4 is 5.32 Å². The fraction of sp³-hybridized carbons (Fsp3) is 0.619. The quantitative estimate of drug-likeness (QED) is 0.798. The smallest absolute Gasteiger partial charge is 0.252 e. The van der Waals surface area contributed by atoms with Gasteiger partial charge in [0.1, 0.15) is 5.76 Å². The molecule has 0 aliphatic carbocycles. The number of hydrogen-bond donors (Lipinski definition) is 1. The molecule has 152 valence electrons. The minimum atomic E-state index is 0.0625. The third kappa shape index (κ3) is 4.31. The van der Waals surface area contributed by atoms with Crippen LogP contribution in [0.1, 0.15) is 63.5 Å². The van der Waals surface area contributed by atoms with Crippen molar-refractivity contribution >= 4 is 17.2 Å². The topological polar surface area (TPSA) is 67.6 Å². The molecule has 0 spiro atoms. The molecule has 0 unspecified atom stereocenters. The first-order valence-corrected chi connectivity index (χ1v) is 11.1. The van der Waals surface area contributed by atoms with Gasteiger partial charge in [0, 0.05) is 48.6 Å². The molecule has 1 amide bonds. The zero-order chi connectivity index (χ0) is 19.5. The summed E-state index contributed by atoms with van der Waals surface area (Å²) in [5, 5.41) is 9.18. The zero-order valence-electron chi connectivity index (χ0n) is 16.8. The summed E-state index contributed by atoms with van der Waals surface area (Å²) >= 11 is 1.70. The van der Waals surface area contributed by atoms with E-state index in [-0.39, 0.29) is 5.91 Å². The summed E-state index contributed by atoms with van der Waals surface area (Å²) in [6.45, 7) is 8.19. The maximum atomic E-state index is 12.7. The summed E-state index contributed by atoms with van der Waals surface area (Å²) in [4.78, 5) is 16.4. The number of amides is 1. The molecule has 2 aliphatic heterocycles. The highest BCUT2D eigenvalue weighted by molar-refractivity contribution is 7.10. The number of aromatic nitrogens is 1. The van der Waals surface area contributed by atoms with E-state index in [2.05, 4.69) is 15.4 Å². The van der Waals surface area contributed by atoms with Crippen molar-refractivity contribution in [1.29, 1.82) is 0 Å². The molecule has 4 heterocycles. The highest BCUT2D eigenvalue weighted by atomic mass is 32.1. The van der Waals surface area contributed by atoms with Crippen molar-refractivity contribution in [2.75, 3.05) is 19.7 Å². The van der Waals surface area contributed by atoms with Gasteiger partial charge in [-0.25, -0.2) is 0 Å². The van der Waals surface area contributed by atoms with Crippen LogP contribution in [0.15, 0.2) is 9.90 Å². The van der Waals surface area contributed by atoms with Crippen molar-refractivity contribution < 1.29 is 14.1 Å². The molecule has 2 aromatic heterocycles. The van der Waals surface area contributed by atoms with Gasteiger partial charge in [0.25, 0.3) is 5.91 Å². The average Bonchev–Trinajstić information content (AvgIpc) is 3.27. The number of nitrogens with zero attached hydrogens (tertiary/aromatic N) is 2. The Morgan fingerprint density at radius 1 is 1.39 bits per heavy atom. The van der Waals surface area contributed by atoms with E-state index in [1.807, 2.05) is 19.2 Å². The monoisotopic (exact) mass is 403 g/mol. The van der Waals surface area contributed by atoms with E-state index in [1.54, 1.807) is 11.3 Å². The maximum Gasteiger partial charge on any atom is 0.252 e. The van der Waals surface area contributed by atoms with Crippen LogP contribution in [0.5, 0.6) is 0 Å². The number of carbonyl (C=O) groups excluding carboxylic acids is 1. The van der Waals surface area contributed by atoms with Gasteiger partial charge >= 0.3 is 0 Å². The Morgan fingerprint density at radius 2 is 2.29 bits per heavy atom. The second-order valence-corrected chi connectivity index (χ2v) is 8.81. The van der Waals surface area contributed by atoms with Crippen LogP contribution in [0.25, 0.3) is 0 Å². The lowest BCUT2D eigenvalue weighted by atomic mass is 10.0. The van der Waals surface area contributed by atoms with E-state index in [4.69, 9.17) is 9.26 Å². The molecule has 0 bridgehead atoms. The Labute approximate surface area is 170 Å². The molecule has 6 nitrogen and oxygen atoms in total. The predicted molar refractivity (Wildman–Crippen MR) is 109 cm³/mol. The predicted octanol–water partition coefficient (Wildman–Crippen LogP) is 3.60. The first kappa shape index (κ1) is 19.6. The Hall–Kier alpha value is -1.70. The number of nitrogens with one attached hydrogen (secondary N) is 1. The third-order valence-corrected chi connectivity index (χ3v) is 6.87. The van der Waals surface area contributed by atoms with Crippen LogP contribution in [-0.2, 0) is 24.2 Å². The van der Waals surface area contributed by atoms with E-state index in [0.29, 0.717) is 12.6 Å². The van der Waals surface area contributed by atoms with E-state index < -0.39 is 0 Å². The van der Waals surface area contributed by atoms with E-state index in [9.17, 15) is 4.79 Å². The number of rotatable bonds is 6. The molecule has 7 heteroatoms. The van der Waals surface area contributed by atoms with Gasteiger partial charge in [-0.1, -0.05) is 5.16 Å². The Kier molecular flexibility index (Phi) is 6.13. The molecule has 4 rings (SSSR count). The van der Waals surface area contributed by atoms with E-state index in [1.165, 1.54) is 22.4 Å². The molecule has 1 fully saturated rings. The molecule has 2 aliphatic rings. The van der Waals surface area contributed by atoms with Crippen molar-refractivity contribution in [2.24, 2.45) is 0 Å². The van der Waals surface area contributed by atoms with Crippen LogP contribution in [0.3, 0.4) is 0 Å².